The topological polar surface area (TPSA) is 97.5 Å². The Labute approximate surface area is 140 Å². The normalized spacial score (nSPS) is 19.9. The summed E-state index contributed by atoms with van der Waals surface area (Å²) in [7, 11) is 0. The Balaban J connectivity index is 1.47. The highest BCUT2D eigenvalue weighted by molar-refractivity contribution is 5.92. The van der Waals surface area contributed by atoms with Gasteiger partial charge in [-0.05, 0) is 43.7 Å². The summed E-state index contributed by atoms with van der Waals surface area (Å²) in [5, 5.41) is 15.7. The molecule has 0 spiro atoms. The molecule has 24 heavy (non-hydrogen) atoms. The Morgan fingerprint density at radius 3 is 2.83 bits per heavy atom. The summed E-state index contributed by atoms with van der Waals surface area (Å²) in [6, 6.07) is 7.75. The van der Waals surface area contributed by atoms with Crippen LogP contribution in [0.1, 0.15) is 19.8 Å². The Kier molecular flexibility index (Phi) is 4.71. The van der Waals surface area contributed by atoms with Crippen LogP contribution in [0.15, 0.2) is 30.5 Å². The number of urea groups is 1. The summed E-state index contributed by atoms with van der Waals surface area (Å²) >= 11 is 0. The van der Waals surface area contributed by atoms with Gasteiger partial charge in [-0.25, -0.2) is 4.79 Å². The van der Waals surface area contributed by atoms with Gasteiger partial charge in [-0.2, -0.15) is 0 Å². The number of anilines is 1. The van der Waals surface area contributed by atoms with Gasteiger partial charge in [0.25, 0.3) is 0 Å². The first-order chi connectivity index (χ1) is 11.5. The van der Waals surface area contributed by atoms with E-state index in [-0.39, 0.29) is 24.7 Å². The summed E-state index contributed by atoms with van der Waals surface area (Å²) < 4.78 is 0. The van der Waals surface area contributed by atoms with E-state index in [1.165, 1.54) is 0 Å². The highest BCUT2D eigenvalue weighted by Gasteiger charge is 2.34. The first-order valence-corrected chi connectivity index (χ1v) is 8.15. The van der Waals surface area contributed by atoms with E-state index in [1.807, 2.05) is 42.3 Å². The first kappa shape index (κ1) is 16.3. The number of hydrogen-bond donors (Lipinski definition) is 4. The van der Waals surface area contributed by atoms with Crippen LogP contribution >= 0.6 is 0 Å². The molecule has 0 aliphatic heterocycles. The lowest BCUT2D eigenvalue weighted by atomic mass is 9.85. The molecule has 7 heteroatoms. The Morgan fingerprint density at radius 2 is 2.12 bits per heavy atom. The molecule has 1 heterocycles. The lowest BCUT2D eigenvalue weighted by molar-refractivity contribution is -0.139. The number of nitrogens with one attached hydrogen (secondary N) is 3. The molecule has 0 saturated heterocycles. The molecule has 1 aromatic heterocycles. The molecule has 0 radical (unpaired) electrons. The van der Waals surface area contributed by atoms with E-state index in [0.717, 1.165) is 29.4 Å². The molecule has 7 nitrogen and oxygen atoms in total. The minimum Gasteiger partial charge on any atom is -0.480 e. The number of carbonyl (C=O) groups excluding carboxylic acids is 1. The second-order valence-electron chi connectivity index (χ2n) is 6.16. The number of rotatable bonds is 6. The molecule has 2 amide bonds. The third-order valence-electron chi connectivity index (χ3n) is 4.52. The van der Waals surface area contributed by atoms with Crippen LogP contribution in [0.25, 0.3) is 10.9 Å². The zero-order valence-corrected chi connectivity index (χ0v) is 13.6. The van der Waals surface area contributed by atoms with Gasteiger partial charge in [0.2, 0.25) is 0 Å². The third kappa shape index (κ3) is 3.68. The van der Waals surface area contributed by atoms with E-state index in [0.29, 0.717) is 6.54 Å². The monoisotopic (exact) mass is 330 g/mol. The number of carbonyl (C=O) groups is 2. The van der Waals surface area contributed by atoms with Gasteiger partial charge in [0.05, 0.1) is 6.54 Å². The summed E-state index contributed by atoms with van der Waals surface area (Å²) in [6.07, 6.45) is 3.43. The number of aliphatic carboxylic acids is 1. The standard InChI is InChI=1S/C17H22N4O3/c1-2-21(10-16(22)23)14-8-13(9-14)20-17(24)19-12-3-4-15-11(7-12)5-6-18-15/h3-7,13-14,18H,2,8-10H2,1H3,(H,22,23)(H2,19,20,24). The number of nitrogens with zero attached hydrogens (tertiary/aromatic N) is 1. The van der Waals surface area contributed by atoms with Gasteiger partial charge >= 0.3 is 12.0 Å². The maximum absolute atomic E-state index is 12.1. The number of fused-ring (bicyclic) bond motifs is 1. The average Bonchev–Trinajstić information content (AvgIpc) is 2.96. The van der Waals surface area contributed by atoms with Crippen LogP contribution in [0.2, 0.25) is 0 Å². The van der Waals surface area contributed by atoms with Crippen molar-refractivity contribution in [2.24, 2.45) is 0 Å². The molecule has 1 saturated carbocycles. The van der Waals surface area contributed by atoms with E-state index in [1.54, 1.807) is 0 Å². The van der Waals surface area contributed by atoms with Crippen molar-refractivity contribution in [3.05, 3.63) is 30.5 Å². The number of hydrogen-bond acceptors (Lipinski definition) is 3. The van der Waals surface area contributed by atoms with Gasteiger partial charge < -0.3 is 20.7 Å². The molecular formula is C17H22N4O3. The van der Waals surface area contributed by atoms with Gasteiger partial charge in [0, 0.05) is 34.9 Å². The molecule has 2 aromatic rings. The summed E-state index contributed by atoms with van der Waals surface area (Å²) in [5.74, 6) is -0.814. The van der Waals surface area contributed by atoms with Crippen LogP contribution in [0, 0.1) is 0 Å². The molecule has 1 aromatic carbocycles. The number of aromatic nitrogens is 1. The minimum atomic E-state index is -0.814. The van der Waals surface area contributed by atoms with E-state index in [4.69, 9.17) is 5.11 Å². The highest BCUT2D eigenvalue weighted by atomic mass is 16.4. The van der Waals surface area contributed by atoms with Gasteiger partial charge in [-0.3, -0.25) is 9.69 Å². The molecule has 1 fully saturated rings. The van der Waals surface area contributed by atoms with Crippen molar-refractivity contribution in [2.45, 2.75) is 31.8 Å². The third-order valence-corrected chi connectivity index (χ3v) is 4.52. The van der Waals surface area contributed by atoms with Crippen LogP contribution in [0.5, 0.6) is 0 Å². The van der Waals surface area contributed by atoms with E-state index in [9.17, 15) is 9.59 Å². The van der Waals surface area contributed by atoms with Gasteiger partial charge in [-0.1, -0.05) is 6.92 Å². The number of amides is 2. The zero-order valence-electron chi connectivity index (χ0n) is 13.6. The predicted octanol–water partition coefficient (Wildman–Crippen LogP) is 2.23. The molecule has 0 unspecified atom stereocenters. The first-order valence-electron chi connectivity index (χ1n) is 8.15. The smallest absolute Gasteiger partial charge is 0.319 e. The number of likely N-dealkylation sites (N-methyl/N-ethyl adjacent to an activating group) is 1. The van der Waals surface area contributed by atoms with E-state index >= 15 is 0 Å². The lowest BCUT2D eigenvalue weighted by Crippen LogP contribution is -2.55. The molecule has 1 aliphatic carbocycles. The van der Waals surface area contributed by atoms with Crippen LogP contribution in [0.4, 0.5) is 10.5 Å². The summed E-state index contributed by atoms with van der Waals surface area (Å²) in [6.45, 7) is 2.71. The maximum Gasteiger partial charge on any atom is 0.319 e. The van der Waals surface area contributed by atoms with Crippen LogP contribution in [-0.4, -0.2) is 52.2 Å². The quantitative estimate of drug-likeness (QED) is 0.653. The molecule has 128 valence electrons. The fourth-order valence-corrected chi connectivity index (χ4v) is 3.16. The minimum absolute atomic E-state index is 0.0523. The predicted molar refractivity (Wildman–Crippen MR) is 92.1 cm³/mol. The Bertz CT molecular complexity index is 736. The fourth-order valence-electron chi connectivity index (χ4n) is 3.16. The molecule has 1 aliphatic rings. The number of benzene rings is 1. The summed E-state index contributed by atoms with van der Waals surface area (Å²) in [4.78, 5) is 27.9. The lowest BCUT2D eigenvalue weighted by Gasteiger charge is -2.42. The second kappa shape index (κ2) is 6.92. The van der Waals surface area contributed by atoms with Crippen molar-refractivity contribution in [3.63, 3.8) is 0 Å². The second-order valence-corrected chi connectivity index (χ2v) is 6.16. The van der Waals surface area contributed by atoms with E-state index in [2.05, 4.69) is 15.6 Å². The number of carboxylic acid groups (broad SMARTS) is 1. The highest BCUT2D eigenvalue weighted by Crippen LogP contribution is 2.25. The number of H-pyrrole nitrogens is 1. The van der Waals surface area contributed by atoms with Crippen molar-refractivity contribution in [1.82, 2.24) is 15.2 Å². The Morgan fingerprint density at radius 1 is 1.33 bits per heavy atom. The summed E-state index contributed by atoms with van der Waals surface area (Å²) in [5.41, 5.74) is 1.78. The van der Waals surface area contributed by atoms with Crippen molar-refractivity contribution in [3.8, 4) is 0 Å². The number of aromatic amines is 1. The van der Waals surface area contributed by atoms with Crippen molar-refractivity contribution in [2.75, 3.05) is 18.4 Å². The largest absolute Gasteiger partial charge is 0.480 e. The zero-order chi connectivity index (χ0) is 17.1. The van der Waals surface area contributed by atoms with Crippen molar-refractivity contribution in [1.29, 1.82) is 0 Å². The van der Waals surface area contributed by atoms with Crippen LogP contribution in [-0.2, 0) is 4.79 Å². The van der Waals surface area contributed by atoms with Crippen LogP contribution < -0.4 is 10.6 Å². The van der Waals surface area contributed by atoms with Crippen molar-refractivity contribution >= 4 is 28.6 Å². The SMILES string of the molecule is CCN(CC(=O)O)C1CC(NC(=O)Nc2ccc3[nH]ccc3c2)C1. The van der Waals surface area contributed by atoms with Gasteiger partial charge in [-0.15, -0.1) is 0 Å². The maximum atomic E-state index is 12.1. The van der Waals surface area contributed by atoms with E-state index < -0.39 is 5.97 Å². The number of carboxylic acids is 1. The van der Waals surface area contributed by atoms with Crippen molar-refractivity contribution < 1.29 is 14.7 Å². The molecular weight excluding hydrogens is 308 g/mol. The van der Waals surface area contributed by atoms with Crippen LogP contribution in [0.3, 0.4) is 0 Å². The van der Waals surface area contributed by atoms with Gasteiger partial charge in [0.15, 0.2) is 0 Å². The molecule has 4 N–H and O–H groups in total. The fraction of sp³-hybridized carbons (Fsp3) is 0.412. The molecule has 3 rings (SSSR count). The average molecular weight is 330 g/mol. The Hall–Kier alpha value is -2.54. The molecule has 0 bridgehead atoms. The van der Waals surface area contributed by atoms with Gasteiger partial charge in [0.1, 0.15) is 0 Å². The molecule has 0 atom stereocenters.